The fourth-order valence-corrected chi connectivity index (χ4v) is 1.19. The molecule has 4 nitrogen and oxygen atoms in total. The number of imide groups is 1. The molecule has 0 saturated heterocycles. The van der Waals surface area contributed by atoms with Crippen molar-refractivity contribution in [3.63, 3.8) is 0 Å². The fourth-order valence-electron chi connectivity index (χ4n) is 1.19. The number of amides is 2. The number of hydrogen-bond donors (Lipinski definition) is 0. The Morgan fingerprint density at radius 1 is 1.08 bits per heavy atom. The van der Waals surface area contributed by atoms with Crippen molar-refractivity contribution in [2.75, 3.05) is 0 Å². The number of carbonyl (C=O) groups excluding carboxylic acids is 2. The zero-order valence-corrected chi connectivity index (χ0v) is 6.28. The predicted octanol–water partition coefficient (Wildman–Crippen LogP) is 0.767. The van der Waals surface area contributed by atoms with Crippen LogP contribution in [-0.4, -0.2) is 16.9 Å². The maximum atomic E-state index is 12.6. The van der Waals surface area contributed by atoms with Crippen LogP contribution in [0.2, 0.25) is 0 Å². The molecule has 1 aromatic carbocycles. The lowest BCUT2D eigenvalue weighted by molar-refractivity contribution is -0.0828. The maximum Gasteiger partial charge on any atom is 0.288 e. The first-order valence-corrected chi connectivity index (χ1v) is 3.47. The maximum absolute atomic E-state index is 12.6. The second kappa shape index (κ2) is 2.37. The third kappa shape index (κ3) is 0.940. The van der Waals surface area contributed by atoms with Crippen LogP contribution in [0.15, 0.2) is 18.2 Å². The van der Waals surface area contributed by atoms with Gasteiger partial charge in [0.05, 0.1) is 11.1 Å². The van der Waals surface area contributed by atoms with E-state index in [4.69, 9.17) is 0 Å². The van der Waals surface area contributed by atoms with Crippen LogP contribution in [0.5, 0.6) is 0 Å². The topological polar surface area (TPSA) is 57.3 Å². The molecule has 0 unspecified atom stereocenters. The molecule has 0 bridgehead atoms. The van der Waals surface area contributed by atoms with Gasteiger partial charge in [0.25, 0.3) is 11.8 Å². The Hall–Kier alpha value is -1.75. The van der Waals surface area contributed by atoms with Gasteiger partial charge >= 0.3 is 0 Å². The molecular weight excluding hydrogens is 177 g/mol. The minimum absolute atomic E-state index is 0.0404. The van der Waals surface area contributed by atoms with E-state index in [1.807, 2.05) is 0 Å². The highest BCUT2D eigenvalue weighted by Crippen LogP contribution is 2.21. The van der Waals surface area contributed by atoms with Crippen LogP contribution in [0.25, 0.3) is 0 Å². The summed E-state index contributed by atoms with van der Waals surface area (Å²) in [5.74, 6) is -2.57. The Balaban J connectivity index is 2.67. The lowest BCUT2D eigenvalue weighted by Crippen LogP contribution is -2.23. The molecule has 1 aliphatic heterocycles. The summed E-state index contributed by atoms with van der Waals surface area (Å²) in [4.78, 5) is 22.0. The number of rotatable bonds is 0. The predicted molar refractivity (Wildman–Crippen MR) is 37.6 cm³/mol. The lowest BCUT2D eigenvalue weighted by atomic mass is 10.1. The van der Waals surface area contributed by atoms with Crippen molar-refractivity contribution in [1.29, 1.82) is 0 Å². The van der Waals surface area contributed by atoms with Crippen molar-refractivity contribution in [2.45, 2.75) is 0 Å². The van der Waals surface area contributed by atoms with Gasteiger partial charge in [0.1, 0.15) is 5.82 Å². The summed E-state index contributed by atoms with van der Waals surface area (Å²) in [6.07, 6.45) is 0. The Morgan fingerprint density at radius 2 is 1.69 bits per heavy atom. The minimum atomic E-state index is -1.00. The summed E-state index contributed by atoms with van der Waals surface area (Å²) in [5, 5.41) is 10.5. The average molecular weight is 180 g/mol. The lowest BCUT2D eigenvalue weighted by Gasteiger charge is -1.95. The SMILES string of the molecule is [O]N1C(=O)c2ccc(F)cc2C1=O. The van der Waals surface area contributed by atoms with Gasteiger partial charge in [-0.05, 0) is 18.2 Å². The molecule has 1 aromatic rings. The van der Waals surface area contributed by atoms with E-state index < -0.39 is 17.6 Å². The molecule has 5 heteroatoms. The van der Waals surface area contributed by atoms with Crippen molar-refractivity contribution < 1.29 is 19.2 Å². The van der Waals surface area contributed by atoms with Crippen LogP contribution < -0.4 is 0 Å². The van der Waals surface area contributed by atoms with Crippen molar-refractivity contribution in [2.24, 2.45) is 0 Å². The minimum Gasteiger partial charge on any atom is -0.266 e. The van der Waals surface area contributed by atoms with Gasteiger partial charge in [-0.15, -0.1) is 5.06 Å². The van der Waals surface area contributed by atoms with Crippen molar-refractivity contribution >= 4 is 11.8 Å². The Labute approximate surface area is 72.2 Å². The third-order valence-corrected chi connectivity index (χ3v) is 1.81. The molecule has 1 heterocycles. The smallest absolute Gasteiger partial charge is 0.266 e. The van der Waals surface area contributed by atoms with Crippen LogP contribution in [0.1, 0.15) is 20.7 Å². The number of nitrogens with zero attached hydrogens (tertiary/aromatic N) is 1. The molecule has 1 aliphatic rings. The molecule has 65 valence electrons. The molecule has 0 aromatic heterocycles. The van der Waals surface area contributed by atoms with Crippen molar-refractivity contribution in [1.82, 2.24) is 5.06 Å². The molecule has 2 rings (SSSR count). The van der Waals surface area contributed by atoms with Gasteiger partial charge in [-0.25, -0.2) is 4.39 Å². The Bertz CT molecular complexity index is 416. The van der Waals surface area contributed by atoms with Gasteiger partial charge < -0.3 is 0 Å². The van der Waals surface area contributed by atoms with Crippen molar-refractivity contribution in [3.05, 3.63) is 35.1 Å². The molecule has 0 spiro atoms. The van der Waals surface area contributed by atoms with E-state index >= 15 is 0 Å². The number of fused-ring (bicyclic) bond motifs is 1. The third-order valence-electron chi connectivity index (χ3n) is 1.81. The zero-order valence-electron chi connectivity index (χ0n) is 6.28. The standard InChI is InChI=1S/C8H3FNO3/c9-4-1-2-5-6(3-4)8(12)10(13)7(5)11/h1-3H. The van der Waals surface area contributed by atoms with Crippen molar-refractivity contribution in [3.8, 4) is 0 Å². The Kier molecular flexibility index (Phi) is 1.43. The number of benzene rings is 1. The highest BCUT2D eigenvalue weighted by molar-refractivity contribution is 6.20. The fraction of sp³-hybridized carbons (Fsp3) is 0. The molecular formula is C8H3FNO3. The second-order valence-corrected chi connectivity index (χ2v) is 2.59. The molecule has 1 radical (unpaired) electrons. The molecule has 0 saturated carbocycles. The van der Waals surface area contributed by atoms with Crippen LogP contribution in [0, 0.1) is 5.82 Å². The highest BCUT2D eigenvalue weighted by atomic mass is 19.1. The van der Waals surface area contributed by atoms with Crippen LogP contribution in [0.4, 0.5) is 4.39 Å². The molecule has 0 aliphatic carbocycles. The number of carbonyl (C=O) groups is 2. The normalized spacial score (nSPS) is 15.1. The Morgan fingerprint density at radius 3 is 2.38 bits per heavy atom. The van der Waals surface area contributed by atoms with E-state index in [0.717, 1.165) is 18.2 Å². The van der Waals surface area contributed by atoms with Gasteiger partial charge in [-0.1, -0.05) is 5.21 Å². The quantitative estimate of drug-likeness (QED) is 0.553. The highest BCUT2D eigenvalue weighted by Gasteiger charge is 2.36. The first-order valence-electron chi connectivity index (χ1n) is 3.47. The van der Waals surface area contributed by atoms with E-state index in [1.54, 1.807) is 0 Å². The molecule has 13 heavy (non-hydrogen) atoms. The molecule has 0 fully saturated rings. The number of halogens is 1. The zero-order chi connectivity index (χ0) is 9.59. The van der Waals surface area contributed by atoms with Crippen LogP contribution in [0.3, 0.4) is 0 Å². The van der Waals surface area contributed by atoms with Crippen LogP contribution >= 0.6 is 0 Å². The van der Waals surface area contributed by atoms with Gasteiger partial charge in [0.2, 0.25) is 0 Å². The summed E-state index contributed by atoms with van der Waals surface area (Å²) in [6, 6.07) is 3.04. The van der Waals surface area contributed by atoms with E-state index in [9.17, 15) is 19.2 Å². The molecule has 0 atom stereocenters. The number of hydroxylamine groups is 2. The second-order valence-electron chi connectivity index (χ2n) is 2.59. The first-order chi connectivity index (χ1) is 6.11. The summed E-state index contributed by atoms with van der Waals surface area (Å²) in [7, 11) is 0. The van der Waals surface area contributed by atoms with Gasteiger partial charge in [0, 0.05) is 0 Å². The van der Waals surface area contributed by atoms with E-state index in [2.05, 4.69) is 0 Å². The number of hydrogen-bond acceptors (Lipinski definition) is 2. The average Bonchev–Trinajstić information content (AvgIpc) is 2.32. The molecule has 2 amide bonds. The van der Waals surface area contributed by atoms with E-state index in [-0.39, 0.29) is 16.2 Å². The van der Waals surface area contributed by atoms with Crippen LogP contribution in [-0.2, 0) is 5.21 Å². The largest absolute Gasteiger partial charge is 0.288 e. The van der Waals surface area contributed by atoms with Gasteiger partial charge in [-0.3, -0.25) is 9.59 Å². The van der Waals surface area contributed by atoms with E-state index in [1.165, 1.54) is 0 Å². The summed E-state index contributed by atoms with van der Waals surface area (Å²) < 4.78 is 12.6. The molecule has 0 N–H and O–H groups in total. The first kappa shape index (κ1) is 7.88. The summed E-state index contributed by atoms with van der Waals surface area (Å²) in [6.45, 7) is 0. The summed E-state index contributed by atoms with van der Waals surface area (Å²) in [5.41, 5.74) is -0.207. The van der Waals surface area contributed by atoms with E-state index in [0.29, 0.717) is 0 Å². The van der Waals surface area contributed by atoms with Gasteiger partial charge in [0.15, 0.2) is 0 Å². The monoisotopic (exact) mass is 180 g/mol. The van der Waals surface area contributed by atoms with Gasteiger partial charge in [-0.2, -0.15) is 0 Å². The summed E-state index contributed by atoms with van der Waals surface area (Å²) >= 11 is 0.